The van der Waals surface area contributed by atoms with E-state index in [9.17, 15) is 4.79 Å². The summed E-state index contributed by atoms with van der Waals surface area (Å²) in [4.78, 5) is 19.9. The van der Waals surface area contributed by atoms with Gasteiger partial charge in [-0.15, -0.1) is 0 Å². The van der Waals surface area contributed by atoms with Crippen LogP contribution in [0.1, 0.15) is 22.8 Å². The minimum atomic E-state index is 0.0187. The number of nitrogens with one attached hydrogen (secondary N) is 2. The van der Waals surface area contributed by atoms with E-state index in [-0.39, 0.29) is 5.78 Å². The van der Waals surface area contributed by atoms with Gasteiger partial charge in [-0.25, -0.2) is 4.98 Å². The van der Waals surface area contributed by atoms with Crippen LogP contribution in [0.5, 0.6) is 0 Å². The Labute approximate surface area is 145 Å². The number of nitriles is 1. The highest BCUT2D eigenvalue weighted by Crippen LogP contribution is 2.20. The highest BCUT2D eigenvalue weighted by Gasteiger charge is 2.05. The predicted octanol–water partition coefficient (Wildman–Crippen LogP) is 4.04. The van der Waals surface area contributed by atoms with Gasteiger partial charge in [-0.1, -0.05) is 12.1 Å². The van der Waals surface area contributed by atoms with Gasteiger partial charge in [0.1, 0.15) is 11.9 Å². The van der Waals surface area contributed by atoms with Gasteiger partial charge >= 0.3 is 0 Å². The van der Waals surface area contributed by atoms with E-state index in [0.29, 0.717) is 28.6 Å². The molecule has 6 nitrogen and oxygen atoms in total. The zero-order valence-electron chi connectivity index (χ0n) is 13.5. The molecule has 3 aromatic rings. The Kier molecular flexibility index (Phi) is 4.67. The van der Waals surface area contributed by atoms with Crippen LogP contribution in [0.15, 0.2) is 60.8 Å². The Morgan fingerprint density at radius 3 is 2.52 bits per heavy atom. The number of Topliss-reactive ketones (excluding diaryl/α,β-unsaturated/α-hetero) is 1. The lowest BCUT2D eigenvalue weighted by Gasteiger charge is -2.09. The molecule has 0 spiro atoms. The highest BCUT2D eigenvalue weighted by atomic mass is 16.1. The van der Waals surface area contributed by atoms with Gasteiger partial charge in [-0.2, -0.15) is 10.2 Å². The van der Waals surface area contributed by atoms with Gasteiger partial charge in [0.2, 0.25) is 5.95 Å². The summed E-state index contributed by atoms with van der Waals surface area (Å²) < 4.78 is 0. The Morgan fingerprint density at radius 1 is 1.04 bits per heavy atom. The standard InChI is InChI=1S/C19H15N5O/c1-13(25)14-6-8-16(9-7-14)22-19-21-11-10-18(24-19)23-17-5-3-2-4-15(17)12-20/h2-11H,1H3,(H2,21,22,23,24). The first-order valence-corrected chi connectivity index (χ1v) is 7.63. The molecule has 0 saturated carbocycles. The van der Waals surface area contributed by atoms with Crippen molar-refractivity contribution in [3.8, 4) is 6.07 Å². The minimum absolute atomic E-state index is 0.0187. The fraction of sp³-hybridized carbons (Fsp3) is 0.0526. The number of hydrogen-bond acceptors (Lipinski definition) is 6. The molecule has 0 aliphatic heterocycles. The first-order valence-electron chi connectivity index (χ1n) is 7.63. The number of carbonyl (C=O) groups excluding carboxylic acids is 1. The van der Waals surface area contributed by atoms with Crippen molar-refractivity contribution in [1.82, 2.24) is 9.97 Å². The van der Waals surface area contributed by atoms with Gasteiger partial charge in [0.15, 0.2) is 5.78 Å². The van der Waals surface area contributed by atoms with Gasteiger partial charge < -0.3 is 10.6 Å². The molecule has 0 radical (unpaired) electrons. The van der Waals surface area contributed by atoms with Crippen LogP contribution in [0, 0.1) is 11.3 Å². The number of aromatic nitrogens is 2. The third kappa shape index (κ3) is 3.98. The maximum atomic E-state index is 11.3. The predicted molar refractivity (Wildman–Crippen MR) is 96.2 cm³/mol. The van der Waals surface area contributed by atoms with Crippen LogP contribution in [0.25, 0.3) is 0 Å². The van der Waals surface area contributed by atoms with Gasteiger partial charge in [0.25, 0.3) is 0 Å². The van der Waals surface area contributed by atoms with Crippen LogP contribution < -0.4 is 10.6 Å². The summed E-state index contributed by atoms with van der Waals surface area (Å²) in [6, 6.07) is 18.1. The fourth-order valence-electron chi connectivity index (χ4n) is 2.23. The van der Waals surface area contributed by atoms with E-state index >= 15 is 0 Å². The molecular weight excluding hydrogens is 314 g/mol. The molecule has 6 heteroatoms. The lowest BCUT2D eigenvalue weighted by Crippen LogP contribution is -2.01. The quantitative estimate of drug-likeness (QED) is 0.687. The topological polar surface area (TPSA) is 90.7 Å². The molecule has 0 atom stereocenters. The van der Waals surface area contributed by atoms with Crippen LogP contribution in [0.3, 0.4) is 0 Å². The van der Waals surface area contributed by atoms with Crippen LogP contribution in [0.2, 0.25) is 0 Å². The Morgan fingerprint density at radius 2 is 1.80 bits per heavy atom. The van der Waals surface area contributed by atoms with E-state index in [1.54, 1.807) is 48.7 Å². The number of para-hydroxylation sites is 1. The van der Waals surface area contributed by atoms with Crippen molar-refractivity contribution in [2.75, 3.05) is 10.6 Å². The molecule has 1 heterocycles. The number of benzene rings is 2. The molecule has 0 aliphatic rings. The number of anilines is 4. The van der Waals surface area contributed by atoms with E-state index < -0.39 is 0 Å². The van der Waals surface area contributed by atoms with Crippen LogP contribution >= 0.6 is 0 Å². The summed E-state index contributed by atoms with van der Waals surface area (Å²) in [6.45, 7) is 1.53. The second-order valence-corrected chi connectivity index (χ2v) is 5.31. The number of rotatable bonds is 5. The SMILES string of the molecule is CC(=O)c1ccc(Nc2nccc(Nc3ccccc3C#N)n2)cc1. The molecule has 2 N–H and O–H groups in total. The molecule has 0 fully saturated rings. The molecule has 122 valence electrons. The lowest BCUT2D eigenvalue weighted by molar-refractivity contribution is 0.101. The summed E-state index contributed by atoms with van der Waals surface area (Å²) in [7, 11) is 0. The molecule has 0 amide bonds. The van der Waals surface area contributed by atoms with E-state index in [0.717, 1.165) is 5.69 Å². The maximum Gasteiger partial charge on any atom is 0.229 e. The molecule has 1 aromatic heterocycles. The van der Waals surface area contributed by atoms with E-state index in [4.69, 9.17) is 5.26 Å². The summed E-state index contributed by atoms with van der Waals surface area (Å²) in [5.41, 5.74) is 2.64. The molecule has 0 unspecified atom stereocenters. The van der Waals surface area contributed by atoms with E-state index in [1.807, 2.05) is 12.1 Å². The van der Waals surface area contributed by atoms with E-state index in [2.05, 4.69) is 26.7 Å². The van der Waals surface area contributed by atoms with Crippen molar-refractivity contribution in [3.63, 3.8) is 0 Å². The van der Waals surface area contributed by atoms with Crippen molar-refractivity contribution >= 4 is 28.9 Å². The van der Waals surface area contributed by atoms with Crippen molar-refractivity contribution in [2.45, 2.75) is 6.92 Å². The first kappa shape index (κ1) is 16.1. The summed E-state index contributed by atoms with van der Waals surface area (Å²) in [5, 5.41) is 15.3. The summed E-state index contributed by atoms with van der Waals surface area (Å²) in [6.07, 6.45) is 1.62. The zero-order valence-corrected chi connectivity index (χ0v) is 13.5. The third-order valence-electron chi connectivity index (χ3n) is 3.51. The first-order chi connectivity index (χ1) is 12.2. The number of nitrogens with zero attached hydrogens (tertiary/aromatic N) is 3. The van der Waals surface area contributed by atoms with Crippen molar-refractivity contribution in [2.24, 2.45) is 0 Å². The number of ketones is 1. The second kappa shape index (κ2) is 7.23. The van der Waals surface area contributed by atoms with Gasteiger partial charge in [0.05, 0.1) is 11.3 Å². The van der Waals surface area contributed by atoms with Gasteiger partial charge in [0, 0.05) is 17.4 Å². The highest BCUT2D eigenvalue weighted by molar-refractivity contribution is 5.94. The summed E-state index contributed by atoms with van der Waals surface area (Å²) in [5.74, 6) is 1.00. The molecule has 0 aliphatic carbocycles. The molecule has 2 aromatic carbocycles. The third-order valence-corrected chi connectivity index (χ3v) is 3.51. The Bertz CT molecular complexity index is 945. The van der Waals surface area contributed by atoms with Crippen LogP contribution in [-0.2, 0) is 0 Å². The Balaban J connectivity index is 1.77. The van der Waals surface area contributed by atoms with Crippen molar-refractivity contribution in [1.29, 1.82) is 5.26 Å². The lowest BCUT2D eigenvalue weighted by atomic mass is 10.1. The van der Waals surface area contributed by atoms with Gasteiger partial charge in [-0.3, -0.25) is 4.79 Å². The van der Waals surface area contributed by atoms with Crippen LogP contribution in [0.4, 0.5) is 23.1 Å². The van der Waals surface area contributed by atoms with Crippen molar-refractivity contribution < 1.29 is 4.79 Å². The smallest absolute Gasteiger partial charge is 0.229 e. The largest absolute Gasteiger partial charge is 0.339 e. The monoisotopic (exact) mass is 329 g/mol. The van der Waals surface area contributed by atoms with Gasteiger partial charge in [-0.05, 0) is 49.4 Å². The van der Waals surface area contributed by atoms with E-state index in [1.165, 1.54) is 6.92 Å². The van der Waals surface area contributed by atoms with Crippen LogP contribution in [-0.4, -0.2) is 15.8 Å². The molecule has 3 rings (SSSR count). The number of carbonyl (C=O) groups is 1. The molecule has 0 bridgehead atoms. The molecule has 25 heavy (non-hydrogen) atoms. The molecule has 0 saturated heterocycles. The summed E-state index contributed by atoms with van der Waals surface area (Å²) >= 11 is 0. The Hall–Kier alpha value is -3.72. The average Bonchev–Trinajstić information content (AvgIpc) is 2.63. The molecular formula is C19H15N5O. The zero-order chi connectivity index (χ0) is 17.6. The normalized spacial score (nSPS) is 9.92. The maximum absolute atomic E-state index is 11.3. The number of hydrogen-bond donors (Lipinski definition) is 2. The average molecular weight is 329 g/mol. The second-order valence-electron chi connectivity index (χ2n) is 5.31. The van der Waals surface area contributed by atoms with Crippen molar-refractivity contribution in [3.05, 3.63) is 71.9 Å². The minimum Gasteiger partial charge on any atom is -0.339 e. The fourth-order valence-corrected chi connectivity index (χ4v) is 2.23.